The zero-order valence-corrected chi connectivity index (χ0v) is 16.0. The fraction of sp³-hybridized carbons (Fsp3) is 0.278. The first-order chi connectivity index (χ1) is 12.2. The highest BCUT2D eigenvalue weighted by Crippen LogP contribution is 2.34. The molecule has 0 aromatic carbocycles. The maximum atomic E-state index is 12.3. The SMILES string of the molecule is COC(=O)c1c(NC(=O)/C=C/c2ccc(C)o2)sc(C(=O)N(C)C)c1C. The maximum absolute atomic E-state index is 12.3. The van der Waals surface area contributed by atoms with Gasteiger partial charge < -0.3 is 19.4 Å². The first-order valence-corrected chi connectivity index (χ1v) is 8.55. The molecule has 2 heterocycles. The Labute approximate surface area is 155 Å². The van der Waals surface area contributed by atoms with Crippen LogP contribution in [0.1, 0.15) is 37.1 Å². The van der Waals surface area contributed by atoms with Crippen LogP contribution in [0.2, 0.25) is 0 Å². The maximum Gasteiger partial charge on any atom is 0.341 e. The lowest BCUT2D eigenvalue weighted by atomic mass is 10.1. The van der Waals surface area contributed by atoms with Crippen molar-refractivity contribution in [1.82, 2.24) is 4.90 Å². The highest BCUT2D eigenvalue weighted by atomic mass is 32.1. The van der Waals surface area contributed by atoms with Gasteiger partial charge >= 0.3 is 5.97 Å². The van der Waals surface area contributed by atoms with Gasteiger partial charge in [0.15, 0.2) is 0 Å². The Morgan fingerprint density at radius 3 is 2.46 bits per heavy atom. The molecule has 7 nitrogen and oxygen atoms in total. The number of aryl methyl sites for hydroxylation is 1. The van der Waals surface area contributed by atoms with E-state index >= 15 is 0 Å². The van der Waals surface area contributed by atoms with Crippen LogP contribution in [0.5, 0.6) is 0 Å². The molecule has 2 rings (SSSR count). The number of ether oxygens (including phenoxy) is 1. The fourth-order valence-corrected chi connectivity index (χ4v) is 3.43. The van der Waals surface area contributed by atoms with E-state index < -0.39 is 11.9 Å². The van der Waals surface area contributed by atoms with Gasteiger partial charge in [0.25, 0.3) is 5.91 Å². The minimum atomic E-state index is -0.613. The Kier molecular flexibility index (Phi) is 5.99. The van der Waals surface area contributed by atoms with Gasteiger partial charge in [-0.25, -0.2) is 4.79 Å². The molecule has 8 heteroatoms. The van der Waals surface area contributed by atoms with Crippen molar-refractivity contribution >= 4 is 40.2 Å². The second-order valence-electron chi connectivity index (χ2n) is 5.72. The van der Waals surface area contributed by atoms with E-state index in [1.807, 2.05) is 0 Å². The second kappa shape index (κ2) is 8.01. The quantitative estimate of drug-likeness (QED) is 0.640. The van der Waals surface area contributed by atoms with Crippen LogP contribution in [0.4, 0.5) is 5.00 Å². The van der Waals surface area contributed by atoms with Gasteiger partial charge in [-0.1, -0.05) is 0 Å². The van der Waals surface area contributed by atoms with E-state index in [1.54, 1.807) is 40.1 Å². The molecule has 0 atom stereocenters. The number of carbonyl (C=O) groups excluding carboxylic acids is 3. The molecular weight excluding hydrogens is 356 g/mol. The predicted octanol–water partition coefficient (Wildman–Crippen LogP) is 3.10. The van der Waals surface area contributed by atoms with Gasteiger partial charge in [-0.05, 0) is 37.6 Å². The van der Waals surface area contributed by atoms with E-state index in [0.717, 1.165) is 17.1 Å². The Balaban J connectivity index is 2.30. The third-order valence-corrected chi connectivity index (χ3v) is 4.73. The molecule has 0 saturated heterocycles. The summed E-state index contributed by atoms with van der Waals surface area (Å²) in [6, 6.07) is 3.52. The van der Waals surface area contributed by atoms with Crippen molar-refractivity contribution in [3.05, 3.63) is 45.7 Å². The minimum Gasteiger partial charge on any atom is -0.465 e. The fourth-order valence-electron chi connectivity index (χ4n) is 2.21. The van der Waals surface area contributed by atoms with Crippen LogP contribution >= 0.6 is 11.3 Å². The first kappa shape index (κ1) is 19.5. The molecule has 0 aliphatic heterocycles. The second-order valence-corrected chi connectivity index (χ2v) is 6.74. The molecule has 0 aliphatic rings. The van der Waals surface area contributed by atoms with Crippen LogP contribution in [-0.2, 0) is 9.53 Å². The van der Waals surface area contributed by atoms with E-state index in [2.05, 4.69) is 5.32 Å². The van der Waals surface area contributed by atoms with E-state index in [9.17, 15) is 14.4 Å². The third kappa shape index (κ3) is 4.20. The predicted molar refractivity (Wildman–Crippen MR) is 99.5 cm³/mol. The number of methoxy groups -OCH3 is 1. The summed E-state index contributed by atoms with van der Waals surface area (Å²) >= 11 is 1.04. The Hall–Kier alpha value is -2.87. The number of amides is 2. The molecule has 0 fully saturated rings. The summed E-state index contributed by atoms with van der Waals surface area (Å²) < 4.78 is 10.1. The standard InChI is InChI=1S/C18H20N2O5S/c1-10-6-7-12(25-10)8-9-13(21)19-16-14(18(23)24-5)11(2)15(26-16)17(22)20(3)4/h6-9H,1-5H3,(H,19,21)/b9-8+. The van der Waals surface area contributed by atoms with Crippen molar-refractivity contribution in [1.29, 1.82) is 0 Å². The molecule has 1 N–H and O–H groups in total. The van der Waals surface area contributed by atoms with Crippen LogP contribution in [0, 0.1) is 13.8 Å². The molecule has 0 saturated carbocycles. The van der Waals surface area contributed by atoms with Crippen LogP contribution in [0.15, 0.2) is 22.6 Å². The van der Waals surface area contributed by atoms with Crippen molar-refractivity contribution in [2.45, 2.75) is 13.8 Å². The highest BCUT2D eigenvalue weighted by Gasteiger charge is 2.26. The van der Waals surface area contributed by atoms with Gasteiger partial charge in [0.1, 0.15) is 16.5 Å². The summed E-state index contributed by atoms with van der Waals surface area (Å²) in [5, 5.41) is 2.91. The van der Waals surface area contributed by atoms with Crippen molar-refractivity contribution in [2.75, 3.05) is 26.5 Å². The highest BCUT2D eigenvalue weighted by molar-refractivity contribution is 7.18. The van der Waals surface area contributed by atoms with Crippen molar-refractivity contribution in [3.63, 3.8) is 0 Å². The van der Waals surface area contributed by atoms with Crippen LogP contribution < -0.4 is 5.32 Å². The molecule has 26 heavy (non-hydrogen) atoms. The van der Waals surface area contributed by atoms with Crippen molar-refractivity contribution < 1.29 is 23.5 Å². The number of rotatable bonds is 5. The number of anilines is 1. The normalized spacial score (nSPS) is 10.8. The smallest absolute Gasteiger partial charge is 0.341 e. The molecule has 2 aromatic heterocycles. The van der Waals surface area contributed by atoms with Crippen LogP contribution in [0.3, 0.4) is 0 Å². The van der Waals surface area contributed by atoms with E-state index in [0.29, 0.717) is 16.2 Å². The number of hydrogen-bond acceptors (Lipinski definition) is 6. The van der Waals surface area contributed by atoms with Gasteiger partial charge in [0.2, 0.25) is 5.91 Å². The molecule has 0 bridgehead atoms. The number of thiophene rings is 1. The summed E-state index contributed by atoms with van der Waals surface area (Å²) in [6.07, 6.45) is 2.81. The molecule has 0 aliphatic carbocycles. The minimum absolute atomic E-state index is 0.179. The monoisotopic (exact) mass is 376 g/mol. The average Bonchev–Trinajstić information content (AvgIpc) is 3.15. The Morgan fingerprint density at radius 2 is 1.92 bits per heavy atom. The molecule has 138 valence electrons. The molecule has 2 aromatic rings. The van der Waals surface area contributed by atoms with Crippen molar-refractivity contribution in [3.8, 4) is 0 Å². The molecular formula is C18H20N2O5S. The topological polar surface area (TPSA) is 88.8 Å². The molecule has 0 unspecified atom stereocenters. The van der Waals surface area contributed by atoms with Crippen molar-refractivity contribution in [2.24, 2.45) is 0 Å². The number of nitrogens with one attached hydrogen (secondary N) is 1. The first-order valence-electron chi connectivity index (χ1n) is 7.73. The summed E-state index contributed by atoms with van der Waals surface area (Å²) in [7, 11) is 4.48. The van der Waals surface area contributed by atoms with Crippen LogP contribution in [0.25, 0.3) is 6.08 Å². The molecule has 0 radical (unpaired) electrons. The lowest BCUT2D eigenvalue weighted by molar-refractivity contribution is -0.111. The number of hydrogen-bond donors (Lipinski definition) is 1. The summed E-state index contributed by atoms with van der Waals surface area (Å²) in [6.45, 7) is 3.45. The largest absolute Gasteiger partial charge is 0.465 e. The number of esters is 1. The molecule has 2 amide bonds. The summed E-state index contributed by atoms with van der Waals surface area (Å²) in [5.74, 6) is -0.0398. The third-order valence-electron chi connectivity index (χ3n) is 3.53. The van der Waals surface area contributed by atoms with E-state index in [1.165, 1.54) is 24.2 Å². The van der Waals surface area contributed by atoms with Gasteiger partial charge in [-0.3, -0.25) is 9.59 Å². The Morgan fingerprint density at radius 1 is 1.23 bits per heavy atom. The average molecular weight is 376 g/mol. The van der Waals surface area contributed by atoms with E-state index in [-0.39, 0.29) is 16.5 Å². The van der Waals surface area contributed by atoms with Gasteiger partial charge in [0.05, 0.1) is 17.6 Å². The molecule has 0 spiro atoms. The number of furan rings is 1. The van der Waals surface area contributed by atoms with Gasteiger partial charge in [0, 0.05) is 20.2 Å². The lowest BCUT2D eigenvalue weighted by Gasteiger charge is -2.08. The lowest BCUT2D eigenvalue weighted by Crippen LogP contribution is -2.21. The van der Waals surface area contributed by atoms with Gasteiger partial charge in [-0.2, -0.15) is 0 Å². The number of nitrogens with zero attached hydrogens (tertiary/aromatic N) is 1. The summed E-state index contributed by atoms with van der Waals surface area (Å²) in [4.78, 5) is 38.4. The zero-order valence-electron chi connectivity index (χ0n) is 15.2. The summed E-state index contributed by atoms with van der Waals surface area (Å²) in [5.41, 5.74) is 0.653. The Bertz CT molecular complexity index is 876. The number of carbonyl (C=O) groups is 3. The van der Waals surface area contributed by atoms with Crippen LogP contribution in [-0.4, -0.2) is 43.9 Å². The van der Waals surface area contributed by atoms with E-state index in [4.69, 9.17) is 9.15 Å². The van der Waals surface area contributed by atoms with Gasteiger partial charge in [-0.15, -0.1) is 11.3 Å². The zero-order chi connectivity index (χ0) is 19.4.